The number of carboxylic acid groups (broad SMARTS) is 1. The fraction of sp³-hybridized carbons (Fsp3) is 0.231. The van der Waals surface area contributed by atoms with E-state index in [0.29, 0.717) is 5.69 Å². The predicted molar refractivity (Wildman–Crippen MR) is 74.9 cm³/mol. The second kappa shape index (κ2) is 5.61. The molecule has 0 radical (unpaired) electrons. The number of carbonyl (C=O) groups excluding carboxylic acids is 2. The van der Waals surface area contributed by atoms with Gasteiger partial charge in [-0.15, -0.1) is 0 Å². The lowest BCUT2D eigenvalue weighted by atomic mass is 10.2. The second-order valence-corrected chi connectivity index (χ2v) is 4.52. The second-order valence-electron chi connectivity index (χ2n) is 4.52. The molecule has 21 heavy (non-hydrogen) atoms. The predicted octanol–water partition coefficient (Wildman–Crippen LogP) is 0.221. The number of rotatable bonds is 4. The van der Waals surface area contributed by atoms with Crippen LogP contribution in [0.5, 0.6) is 0 Å². The van der Waals surface area contributed by atoms with Crippen molar-refractivity contribution in [1.29, 1.82) is 0 Å². The molecule has 0 aromatic heterocycles. The Hall–Kier alpha value is -2.90. The molecule has 110 valence electrons. The lowest BCUT2D eigenvalue weighted by Crippen LogP contribution is -2.36. The standard InChI is InChI=1S/C13H14N4O4/c1-8-12(20)16(7-11(18)19)13(21)17(8)10-4-2-9(3-5-10)6-15-14/h2-6,8H,7,14H2,1H3,(H,18,19). The number of carboxylic acids is 1. The van der Waals surface area contributed by atoms with Crippen molar-refractivity contribution in [2.75, 3.05) is 11.4 Å². The maximum absolute atomic E-state index is 12.2. The van der Waals surface area contributed by atoms with Gasteiger partial charge in [-0.05, 0) is 24.6 Å². The molecule has 2 rings (SSSR count). The molecule has 0 saturated carbocycles. The van der Waals surface area contributed by atoms with E-state index in [-0.39, 0.29) is 0 Å². The van der Waals surface area contributed by atoms with Crippen LogP contribution < -0.4 is 10.7 Å². The number of hydrogen-bond acceptors (Lipinski definition) is 5. The minimum atomic E-state index is -1.24. The monoisotopic (exact) mass is 290 g/mol. The molecule has 0 spiro atoms. The quantitative estimate of drug-likeness (QED) is 0.356. The van der Waals surface area contributed by atoms with Crippen molar-refractivity contribution in [3.8, 4) is 0 Å². The SMILES string of the molecule is CC1C(=O)N(CC(=O)O)C(=O)N1c1ccc(C=NN)cc1. The molecule has 3 N–H and O–H groups in total. The van der Waals surface area contributed by atoms with Gasteiger partial charge in [-0.25, -0.2) is 4.79 Å². The summed E-state index contributed by atoms with van der Waals surface area (Å²) < 4.78 is 0. The molecule has 1 aliphatic heterocycles. The summed E-state index contributed by atoms with van der Waals surface area (Å²) in [6.07, 6.45) is 1.45. The van der Waals surface area contributed by atoms with Gasteiger partial charge in [0.05, 0.1) is 6.21 Å². The van der Waals surface area contributed by atoms with Gasteiger partial charge in [0.25, 0.3) is 5.91 Å². The van der Waals surface area contributed by atoms with Crippen LogP contribution in [0.2, 0.25) is 0 Å². The average Bonchev–Trinajstić information content (AvgIpc) is 2.64. The normalized spacial score (nSPS) is 18.8. The molecule has 1 saturated heterocycles. The van der Waals surface area contributed by atoms with Crippen LogP contribution in [-0.2, 0) is 9.59 Å². The molecule has 1 unspecified atom stereocenters. The van der Waals surface area contributed by atoms with Crippen LogP contribution in [0.4, 0.5) is 10.5 Å². The van der Waals surface area contributed by atoms with E-state index in [4.69, 9.17) is 10.9 Å². The third kappa shape index (κ3) is 2.69. The zero-order valence-corrected chi connectivity index (χ0v) is 11.3. The molecule has 8 nitrogen and oxygen atoms in total. The van der Waals surface area contributed by atoms with Crippen molar-refractivity contribution in [2.45, 2.75) is 13.0 Å². The molecular weight excluding hydrogens is 276 g/mol. The maximum atomic E-state index is 12.2. The van der Waals surface area contributed by atoms with E-state index < -0.39 is 30.5 Å². The maximum Gasteiger partial charge on any atom is 0.332 e. The molecule has 1 aliphatic rings. The van der Waals surface area contributed by atoms with Crippen LogP contribution in [0.3, 0.4) is 0 Å². The number of anilines is 1. The number of aliphatic carboxylic acids is 1. The van der Waals surface area contributed by atoms with Gasteiger partial charge in [0, 0.05) is 5.69 Å². The van der Waals surface area contributed by atoms with Crippen molar-refractivity contribution in [1.82, 2.24) is 4.90 Å². The number of benzene rings is 1. The average molecular weight is 290 g/mol. The van der Waals surface area contributed by atoms with Crippen molar-refractivity contribution < 1.29 is 19.5 Å². The fourth-order valence-electron chi connectivity index (χ4n) is 2.15. The van der Waals surface area contributed by atoms with Crippen LogP contribution in [0.1, 0.15) is 12.5 Å². The van der Waals surface area contributed by atoms with E-state index in [2.05, 4.69) is 5.10 Å². The zero-order valence-electron chi connectivity index (χ0n) is 11.3. The van der Waals surface area contributed by atoms with Crippen molar-refractivity contribution in [2.24, 2.45) is 10.9 Å². The Morgan fingerprint density at radius 2 is 2.00 bits per heavy atom. The van der Waals surface area contributed by atoms with Crippen molar-refractivity contribution in [3.63, 3.8) is 0 Å². The van der Waals surface area contributed by atoms with Gasteiger partial charge in [0.2, 0.25) is 0 Å². The molecule has 0 bridgehead atoms. The van der Waals surface area contributed by atoms with E-state index in [9.17, 15) is 14.4 Å². The summed E-state index contributed by atoms with van der Waals surface area (Å²) in [5.41, 5.74) is 1.25. The van der Waals surface area contributed by atoms with Crippen molar-refractivity contribution in [3.05, 3.63) is 29.8 Å². The number of carbonyl (C=O) groups is 3. The van der Waals surface area contributed by atoms with Gasteiger partial charge in [-0.2, -0.15) is 5.10 Å². The van der Waals surface area contributed by atoms with Gasteiger partial charge in [0.1, 0.15) is 12.6 Å². The topological polar surface area (TPSA) is 116 Å². The lowest BCUT2D eigenvalue weighted by molar-refractivity contribution is -0.141. The number of urea groups is 1. The number of hydrogen-bond donors (Lipinski definition) is 2. The van der Waals surface area contributed by atoms with Gasteiger partial charge in [-0.1, -0.05) is 12.1 Å². The fourth-order valence-corrected chi connectivity index (χ4v) is 2.15. The van der Waals surface area contributed by atoms with Gasteiger partial charge in [-0.3, -0.25) is 19.4 Å². The largest absolute Gasteiger partial charge is 0.480 e. The molecule has 3 amide bonds. The number of amides is 3. The minimum absolute atomic E-state index is 0.503. The molecule has 1 atom stereocenters. The summed E-state index contributed by atoms with van der Waals surface area (Å²) in [7, 11) is 0. The Morgan fingerprint density at radius 1 is 1.38 bits per heavy atom. The van der Waals surface area contributed by atoms with Crippen LogP contribution in [0.25, 0.3) is 0 Å². The number of nitrogens with two attached hydrogens (primary N) is 1. The number of hydrazone groups is 1. The number of nitrogens with zero attached hydrogens (tertiary/aromatic N) is 3. The first kappa shape index (κ1) is 14.5. The first-order chi connectivity index (χ1) is 9.95. The van der Waals surface area contributed by atoms with Crippen LogP contribution in [0, 0.1) is 0 Å². The summed E-state index contributed by atoms with van der Waals surface area (Å²) in [5.74, 6) is 3.28. The summed E-state index contributed by atoms with van der Waals surface area (Å²) in [4.78, 5) is 36.9. The number of imide groups is 1. The summed E-state index contributed by atoms with van der Waals surface area (Å²) in [6, 6.07) is 5.28. The van der Waals surface area contributed by atoms with E-state index in [1.807, 2.05) is 0 Å². The van der Waals surface area contributed by atoms with Crippen LogP contribution in [-0.4, -0.2) is 46.7 Å². The lowest BCUT2D eigenvalue weighted by Gasteiger charge is -2.19. The van der Waals surface area contributed by atoms with E-state index in [1.165, 1.54) is 11.1 Å². The Balaban J connectivity index is 2.28. The first-order valence-electron chi connectivity index (χ1n) is 6.15. The van der Waals surface area contributed by atoms with Gasteiger partial charge < -0.3 is 10.9 Å². The summed E-state index contributed by atoms with van der Waals surface area (Å²) >= 11 is 0. The Labute approximate surface area is 120 Å². The van der Waals surface area contributed by atoms with Crippen LogP contribution >= 0.6 is 0 Å². The highest BCUT2D eigenvalue weighted by Crippen LogP contribution is 2.25. The Morgan fingerprint density at radius 3 is 2.52 bits per heavy atom. The summed E-state index contributed by atoms with van der Waals surface area (Å²) in [6.45, 7) is 0.910. The third-order valence-electron chi connectivity index (χ3n) is 3.14. The molecule has 1 aromatic carbocycles. The molecule has 1 fully saturated rings. The minimum Gasteiger partial charge on any atom is -0.480 e. The zero-order chi connectivity index (χ0) is 15.6. The van der Waals surface area contributed by atoms with E-state index in [1.54, 1.807) is 31.2 Å². The molecule has 1 aromatic rings. The van der Waals surface area contributed by atoms with E-state index >= 15 is 0 Å². The van der Waals surface area contributed by atoms with Crippen molar-refractivity contribution >= 4 is 29.8 Å². The van der Waals surface area contributed by atoms with E-state index in [0.717, 1.165) is 10.5 Å². The highest BCUT2D eigenvalue weighted by Gasteiger charge is 2.43. The highest BCUT2D eigenvalue weighted by molar-refractivity contribution is 6.15. The molecule has 1 heterocycles. The highest BCUT2D eigenvalue weighted by atomic mass is 16.4. The Bertz CT molecular complexity index is 611. The smallest absolute Gasteiger partial charge is 0.332 e. The third-order valence-corrected chi connectivity index (χ3v) is 3.14. The van der Waals surface area contributed by atoms with Gasteiger partial charge >= 0.3 is 12.0 Å². The molecule has 0 aliphatic carbocycles. The Kier molecular flexibility index (Phi) is 3.88. The molecular formula is C13H14N4O4. The van der Waals surface area contributed by atoms with Crippen LogP contribution in [0.15, 0.2) is 29.4 Å². The first-order valence-corrected chi connectivity index (χ1v) is 6.15. The molecule has 8 heteroatoms. The summed E-state index contributed by atoms with van der Waals surface area (Å²) in [5, 5.41) is 12.1. The van der Waals surface area contributed by atoms with Gasteiger partial charge in [0.15, 0.2) is 0 Å².